The molecule has 3 aromatic carbocycles. The molecule has 1 aliphatic rings. The van der Waals surface area contributed by atoms with Crippen molar-refractivity contribution in [2.45, 2.75) is 22.3 Å². The molecule has 0 radical (unpaired) electrons. The van der Waals surface area contributed by atoms with Crippen LogP contribution in [0.2, 0.25) is 0 Å². The summed E-state index contributed by atoms with van der Waals surface area (Å²) >= 11 is 0. The van der Waals surface area contributed by atoms with Gasteiger partial charge in [-0.1, -0.05) is 71.1 Å². The molecule has 0 spiro atoms. The first-order valence-corrected chi connectivity index (χ1v) is 12.0. The van der Waals surface area contributed by atoms with Gasteiger partial charge in [0, 0.05) is 0 Å². The monoisotopic (exact) mass is 442 g/mol. The molecule has 1 atom stereocenters. The lowest BCUT2D eigenvalue weighted by molar-refractivity contribution is -0.126. The van der Waals surface area contributed by atoms with Crippen molar-refractivity contribution >= 4 is 26.0 Å². The van der Waals surface area contributed by atoms with Crippen LogP contribution in [0.5, 0.6) is 0 Å². The molecule has 7 nitrogen and oxygen atoms in total. The molecular weight excluding hydrogens is 424 g/mol. The minimum Gasteiger partial charge on any atom is -0.272 e. The highest BCUT2D eigenvalue weighted by Crippen LogP contribution is 2.40. The number of carbonyl (C=O) groups is 1. The smallest absolute Gasteiger partial charge is 0.272 e. The van der Waals surface area contributed by atoms with E-state index in [1.807, 2.05) is 0 Å². The van der Waals surface area contributed by atoms with Crippen molar-refractivity contribution in [3.63, 3.8) is 0 Å². The number of hydrogen-bond donors (Lipinski definition) is 0. The number of carbonyl (C=O) groups excluding carboxylic acids is 1. The number of nitrogens with zero attached hydrogens (tertiary/aromatic N) is 2. The van der Waals surface area contributed by atoms with Crippen LogP contribution in [0, 0.1) is 0 Å². The first-order valence-electron chi connectivity index (χ1n) is 9.11. The Bertz CT molecular complexity index is 1260. The molecule has 3 aromatic rings. The van der Waals surface area contributed by atoms with Gasteiger partial charge in [0.1, 0.15) is 0 Å². The maximum atomic E-state index is 13.5. The molecule has 1 saturated heterocycles. The molecule has 9 heteroatoms. The van der Waals surface area contributed by atoms with E-state index in [4.69, 9.17) is 0 Å². The minimum atomic E-state index is -4.44. The van der Waals surface area contributed by atoms with Gasteiger partial charge in [0.2, 0.25) is 0 Å². The summed E-state index contributed by atoms with van der Waals surface area (Å²) in [6.45, 7) is 0. The average molecular weight is 443 g/mol. The summed E-state index contributed by atoms with van der Waals surface area (Å²) < 4.78 is 54.7. The molecule has 0 N–H and O–H groups in total. The van der Waals surface area contributed by atoms with E-state index in [0.29, 0.717) is 14.4 Å². The van der Waals surface area contributed by atoms with Crippen LogP contribution in [0.4, 0.5) is 0 Å². The van der Waals surface area contributed by atoms with Gasteiger partial charge in [0.25, 0.3) is 26.0 Å². The maximum Gasteiger partial charge on any atom is 0.281 e. The van der Waals surface area contributed by atoms with Gasteiger partial charge >= 0.3 is 0 Å². The third kappa shape index (κ3) is 3.41. The van der Waals surface area contributed by atoms with Crippen molar-refractivity contribution < 1.29 is 21.6 Å². The van der Waals surface area contributed by atoms with Crippen molar-refractivity contribution in [3.05, 3.63) is 96.6 Å². The van der Waals surface area contributed by atoms with Crippen LogP contribution in [0.3, 0.4) is 0 Å². The van der Waals surface area contributed by atoms with Gasteiger partial charge in [0.15, 0.2) is 0 Å². The Morgan fingerprint density at radius 3 is 1.57 bits per heavy atom. The van der Waals surface area contributed by atoms with Gasteiger partial charge in [0.05, 0.1) is 22.3 Å². The lowest BCUT2D eigenvalue weighted by atomic mass is 10.1. The van der Waals surface area contributed by atoms with E-state index in [2.05, 4.69) is 0 Å². The van der Waals surface area contributed by atoms with E-state index >= 15 is 0 Å². The van der Waals surface area contributed by atoms with E-state index in [0.717, 1.165) is 0 Å². The molecule has 0 aromatic heterocycles. The summed E-state index contributed by atoms with van der Waals surface area (Å²) in [7, 11) is -8.79. The summed E-state index contributed by atoms with van der Waals surface area (Å²) in [4.78, 5) is 12.6. The number of amides is 1. The molecule has 1 aliphatic heterocycles. The molecule has 0 bridgehead atoms. The predicted molar refractivity (Wildman–Crippen MR) is 110 cm³/mol. The quantitative estimate of drug-likeness (QED) is 0.606. The Balaban J connectivity index is 1.92. The van der Waals surface area contributed by atoms with E-state index < -0.39 is 32.0 Å². The van der Waals surface area contributed by atoms with E-state index in [-0.39, 0.29) is 16.2 Å². The highest BCUT2D eigenvalue weighted by atomic mass is 32.2. The van der Waals surface area contributed by atoms with Crippen molar-refractivity contribution in [2.24, 2.45) is 0 Å². The van der Waals surface area contributed by atoms with Gasteiger partial charge in [-0.3, -0.25) is 4.79 Å². The third-order valence-corrected chi connectivity index (χ3v) is 8.35. The molecule has 1 amide bonds. The van der Waals surface area contributed by atoms with Crippen LogP contribution >= 0.6 is 0 Å². The standard InChI is InChI=1S/C21H18N2O5S2/c24-21-16-20(17-10-4-1-5-11-17)22(29(25,26)18-12-6-2-7-13-18)23(21)30(27,28)19-14-8-3-9-15-19/h1-15,20H,16H2. The fraction of sp³-hybridized carbons (Fsp3) is 0.0952. The van der Waals surface area contributed by atoms with Gasteiger partial charge < -0.3 is 0 Å². The highest BCUT2D eigenvalue weighted by Gasteiger charge is 2.52. The minimum absolute atomic E-state index is 0.103. The lowest BCUT2D eigenvalue weighted by Crippen LogP contribution is -2.47. The first-order chi connectivity index (χ1) is 14.3. The zero-order valence-electron chi connectivity index (χ0n) is 15.7. The molecule has 0 aliphatic carbocycles. The fourth-order valence-electron chi connectivity index (χ4n) is 3.38. The van der Waals surface area contributed by atoms with Crippen LogP contribution in [-0.4, -0.2) is 31.6 Å². The first kappa shape index (κ1) is 20.3. The second-order valence-electron chi connectivity index (χ2n) is 6.68. The van der Waals surface area contributed by atoms with E-state index in [9.17, 15) is 21.6 Å². The summed E-state index contributed by atoms with van der Waals surface area (Å²) in [5, 5.41) is 0. The van der Waals surface area contributed by atoms with Crippen molar-refractivity contribution in [3.8, 4) is 0 Å². The fourth-order valence-corrected chi connectivity index (χ4v) is 6.81. The lowest BCUT2D eigenvalue weighted by Gasteiger charge is -2.30. The number of hydrogen-bond acceptors (Lipinski definition) is 5. The predicted octanol–water partition coefficient (Wildman–Crippen LogP) is 2.95. The van der Waals surface area contributed by atoms with Gasteiger partial charge in [-0.15, -0.1) is 4.41 Å². The molecule has 4 rings (SSSR count). The molecule has 1 heterocycles. The zero-order chi connectivity index (χ0) is 21.4. The Hall–Kier alpha value is -3.01. The summed E-state index contributed by atoms with van der Waals surface area (Å²) in [5.41, 5.74) is 0.524. The summed E-state index contributed by atoms with van der Waals surface area (Å²) in [5.74, 6) is -0.813. The maximum absolute atomic E-state index is 13.5. The number of hydrazine groups is 1. The average Bonchev–Trinajstić information content (AvgIpc) is 3.14. The van der Waals surface area contributed by atoms with Crippen molar-refractivity contribution in [1.82, 2.24) is 8.83 Å². The summed E-state index contributed by atoms with van der Waals surface area (Å²) in [6, 6.07) is 22.3. The Morgan fingerprint density at radius 2 is 1.07 bits per heavy atom. The van der Waals surface area contributed by atoms with Gasteiger partial charge in [-0.25, -0.2) is 8.42 Å². The zero-order valence-corrected chi connectivity index (χ0v) is 17.3. The van der Waals surface area contributed by atoms with Crippen LogP contribution in [0.15, 0.2) is 101 Å². The van der Waals surface area contributed by atoms with Crippen molar-refractivity contribution in [2.75, 3.05) is 0 Å². The van der Waals surface area contributed by atoms with Crippen molar-refractivity contribution in [1.29, 1.82) is 0 Å². The molecular formula is C21H18N2O5S2. The largest absolute Gasteiger partial charge is 0.281 e. The number of sulfonamides is 2. The van der Waals surface area contributed by atoms with Crippen LogP contribution < -0.4 is 0 Å². The Kier molecular flexibility index (Phi) is 5.19. The molecule has 154 valence electrons. The third-order valence-electron chi connectivity index (χ3n) is 4.77. The van der Waals surface area contributed by atoms with E-state index in [1.165, 1.54) is 36.4 Å². The molecule has 0 saturated carbocycles. The molecule has 30 heavy (non-hydrogen) atoms. The summed E-state index contributed by atoms with van der Waals surface area (Å²) in [6.07, 6.45) is -0.290. The molecule has 1 unspecified atom stereocenters. The second-order valence-corrected chi connectivity index (χ2v) is 10.2. The molecule has 1 fully saturated rings. The number of benzene rings is 3. The van der Waals surface area contributed by atoms with Crippen LogP contribution in [0.1, 0.15) is 18.0 Å². The van der Waals surface area contributed by atoms with Crippen LogP contribution in [0.25, 0.3) is 0 Å². The highest BCUT2D eigenvalue weighted by molar-refractivity contribution is 7.92. The Labute approximate surface area is 175 Å². The van der Waals surface area contributed by atoms with Crippen LogP contribution in [-0.2, 0) is 24.8 Å². The normalized spacial score (nSPS) is 17.9. The van der Waals surface area contributed by atoms with E-state index in [1.54, 1.807) is 54.6 Å². The van der Waals surface area contributed by atoms with Gasteiger partial charge in [-0.05, 0) is 29.8 Å². The number of rotatable bonds is 5. The SMILES string of the molecule is O=C1CC(c2ccccc2)N(S(=O)(=O)c2ccccc2)N1S(=O)(=O)c1ccccc1. The topological polar surface area (TPSA) is 91.8 Å². The Morgan fingerprint density at radius 1 is 0.633 bits per heavy atom. The van der Waals surface area contributed by atoms with Gasteiger partial charge in [-0.2, -0.15) is 8.42 Å². The second kappa shape index (κ2) is 7.67.